The third kappa shape index (κ3) is 5.69. The fourth-order valence-electron chi connectivity index (χ4n) is 1.73. The lowest BCUT2D eigenvalue weighted by Crippen LogP contribution is -2.27. The number of nitrogens with one attached hydrogen (secondary N) is 2. The van der Waals surface area contributed by atoms with E-state index in [2.05, 4.69) is 38.0 Å². The van der Waals surface area contributed by atoms with E-state index in [-0.39, 0.29) is 0 Å². The van der Waals surface area contributed by atoms with Gasteiger partial charge in [-0.2, -0.15) is 0 Å². The third-order valence-electron chi connectivity index (χ3n) is 2.62. The highest BCUT2D eigenvalue weighted by molar-refractivity contribution is 9.10. The predicted octanol–water partition coefficient (Wildman–Crippen LogP) is 5.47. The molecule has 118 valence electrons. The van der Waals surface area contributed by atoms with Crippen LogP contribution in [0.25, 0.3) is 0 Å². The van der Waals surface area contributed by atoms with E-state index in [0.29, 0.717) is 5.69 Å². The summed E-state index contributed by atoms with van der Waals surface area (Å²) in [7, 11) is 0. The summed E-state index contributed by atoms with van der Waals surface area (Å²) in [6, 6.07) is 9.63. The van der Waals surface area contributed by atoms with Crippen LogP contribution < -0.4 is 10.6 Å². The Morgan fingerprint density at radius 3 is 2.41 bits per heavy atom. The first kappa shape index (κ1) is 16.8. The van der Waals surface area contributed by atoms with E-state index >= 15 is 0 Å². The number of rotatable bonds is 4. The van der Waals surface area contributed by atoms with Crippen LogP contribution in [-0.2, 0) is 11.3 Å². The van der Waals surface area contributed by atoms with Crippen molar-refractivity contribution in [1.82, 2.24) is 0 Å². The number of anilines is 2. The Hall–Kier alpha value is -1.53. The first-order chi connectivity index (χ1) is 10.3. The molecule has 4 nitrogen and oxygen atoms in total. The standard InChI is InChI=1S/C16H19BrN2O2S/c1-16(2,3)21-15(20)19-13-6-4-12(5-7-13)18-9-14-8-11(17)10-22-14/h4-8,10,18H,9H2,1-3H3,(H,19,20). The van der Waals surface area contributed by atoms with Gasteiger partial charge in [0.1, 0.15) is 5.60 Å². The van der Waals surface area contributed by atoms with Crippen LogP contribution in [0.2, 0.25) is 0 Å². The number of benzene rings is 1. The largest absolute Gasteiger partial charge is 0.444 e. The second-order valence-electron chi connectivity index (χ2n) is 5.79. The Bertz CT molecular complexity index is 632. The summed E-state index contributed by atoms with van der Waals surface area (Å²) >= 11 is 5.14. The second-order valence-corrected chi connectivity index (χ2v) is 7.70. The van der Waals surface area contributed by atoms with E-state index in [4.69, 9.17) is 4.74 Å². The molecule has 2 N–H and O–H groups in total. The Labute approximate surface area is 143 Å². The normalized spacial score (nSPS) is 11.1. The number of ether oxygens (including phenoxy) is 1. The molecule has 22 heavy (non-hydrogen) atoms. The number of halogens is 1. The van der Waals surface area contributed by atoms with Crippen molar-refractivity contribution in [3.8, 4) is 0 Å². The van der Waals surface area contributed by atoms with E-state index in [1.54, 1.807) is 11.3 Å². The third-order valence-corrected chi connectivity index (χ3v) is 4.32. The van der Waals surface area contributed by atoms with Gasteiger partial charge in [0.2, 0.25) is 0 Å². The second kappa shape index (κ2) is 7.15. The minimum absolute atomic E-state index is 0.448. The van der Waals surface area contributed by atoms with Gasteiger partial charge in [0, 0.05) is 32.6 Å². The summed E-state index contributed by atoms with van der Waals surface area (Å²) < 4.78 is 6.31. The van der Waals surface area contributed by atoms with Crippen LogP contribution in [0.4, 0.5) is 16.2 Å². The summed E-state index contributed by atoms with van der Waals surface area (Å²) in [5, 5.41) is 8.11. The van der Waals surface area contributed by atoms with E-state index in [9.17, 15) is 4.79 Å². The maximum absolute atomic E-state index is 11.7. The molecule has 0 aliphatic heterocycles. The highest BCUT2D eigenvalue weighted by atomic mass is 79.9. The first-order valence-electron chi connectivity index (χ1n) is 6.89. The van der Waals surface area contributed by atoms with Gasteiger partial charge in [-0.3, -0.25) is 5.32 Å². The van der Waals surface area contributed by atoms with Gasteiger partial charge in [-0.15, -0.1) is 11.3 Å². The number of hydrogen-bond acceptors (Lipinski definition) is 4. The molecular formula is C16H19BrN2O2S. The van der Waals surface area contributed by atoms with Gasteiger partial charge in [-0.25, -0.2) is 4.79 Å². The molecule has 1 heterocycles. The van der Waals surface area contributed by atoms with Gasteiger partial charge in [-0.1, -0.05) is 0 Å². The molecule has 0 bridgehead atoms. The lowest BCUT2D eigenvalue weighted by Gasteiger charge is -2.19. The minimum atomic E-state index is -0.499. The van der Waals surface area contributed by atoms with Crippen LogP contribution in [-0.4, -0.2) is 11.7 Å². The van der Waals surface area contributed by atoms with Crippen LogP contribution in [0.3, 0.4) is 0 Å². The Morgan fingerprint density at radius 2 is 1.86 bits per heavy atom. The zero-order chi connectivity index (χ0) is 16.2. The van der Waals surface area contributed by atoms with E-state index in [1.165, 1.54) is 4.88 Å². The topological polar surface area (TPSA) is 50.4 Å². The molecule has 0 saturated heterocycles. The van der Waals surface area contributed by atoms with Crippen molar-refractivity contribution in [3.63, 3.8) is 0 Å². The summed E-state index contributed by atoms with van der Waals surface area (Å²) in [5.41, 5.74) is 1.21. The van der Waals surface area contributed by atoms with Crippen molar-refractivity contribution in [3.05, 3.63) is 45.1 Å². The molecule has 0 saturated carbocycles. The lowest BCUT2D eigenvalue weighted by atomic mass is 10.2. The highest BCUT2D eigenvalue weighted by Gasteiger charge is 2.15. The molecule has 0 spiro atoms. The minimum Gasteiger partial charge on any atom is -0.444 e. The van der Waals surface area contributed by atoms with Crippen molar-refractivity contribution < 1.29 is 9.53 Å². The fourth-order valence-corrected chi connectivity index (χ4v) is 3.12. The summed E-state index contributed by atoms with van der Waals surface area (Å²) in [4.78, 5) is 12.9. The van der Waals surface area contributed by atoms with Crippen LogP contribution in [0.15, 0.2) is 40.2 Å². The molecule has 0 unspecified atom stereocenters. The molecule has 0 aliphatic rings. The number of amides is 1. The Kier molecular flexibility index (Phi) is 5.47. The van der Waals surface area contributed by atoms with Gasteiger partial charge in [0.15, 0.2) is 0 Å². The SMILES string of the molecule is CC(C)(C)OC(=O)Nc1ccc(NCc2cc(Br)cs2)cc1. The Balaban J connectivity index is 1.86. The first-order valence-corrected chi connectivity index (χ1v) is 8.56. The van der Waals surface area contributed by atoms with Crippen LogP contribution in [0.1, 0.15) is 25.6 Å². The van der Waals surface area contributed by atoms with E-state index < -0.39 is 11.7 Å². The molecule has 2 rings (SSSR count). The zero-order valence-corrected chi connectivity index (χ0v) is 15.2. The highest BCUT2D eigenvalue weighted by Crippen LogP contribution is 2.21. The van der Waals surface area contributed by atoms with E-state index in [1.807, 2.05) is 45.0 Å². The van der Waals surface area contributed by atoms with Gasteiger partial charge in [0.25, 0.3) is 0 Å². The average molecular weight is 383 g/mol. The molecule has 0 atom stereocenters. The van der Waals surface area contributed by atoms with E-state index in [0.717, 1.165) is 16.7 Å². The quantitative estimate of drug-likeness (QED) is 0.736. The van der Waals surface area contributed by atoms with Crippen molar-refractivity contribution in [2.45, 2.75) is 32.9 Å². The Morgan fingerprint density at radius 1 is 1.23 bits per heavy atom. The summed E-state index contributed by atoms with van der Waals surface area (Å²) in [6.07, 6.45) is -0.448. The number of thiophene rings is 1. The van der Waals surface area contributed by atoms with Gasteiger partial charge >= 0.3 is 6.09 Å². The molecule has 6 heteroatoms. The number of carbonyl (C=O) groups is 1. The molecule has 0 aliphatic carbocycles. The molecule has 0 radical (unpaired) electrons. The average Bonchev–Trinajstić information content (AvgIpc) is 2.81. The zero-order valence-electron chi connectivity index (χ0n) is 12.8. The molecule has 0 fully saturated rings. The summed E-state index contributed by atoms with van der Waals surface area (Å²) in [5.74, 6) is 0. The maximum Gasteiger partial charge on any atom is 0.412 e. The van der Waals surface area contributed by atoms with Crippen molar-refractivity contribution >= 4 is 44.7 Å². The van der Waals surface area contributed by atoms with Crippen LogP contribution in [0, 0.1) is 0 Å². The number of hydrogen-bond donors (Lipinski definition) is 2. The van der Waals surface area contributed by atoms with Crippen LogP contribution >= 0.6 is 27.3 Å². The molecule has 1 amide bonds. The molecule has 1 aromatic heterocycles. The predicted molar refractivity (Wildman–Crippen MR) is 95.6 cm³/mol. The van der Waals surface area contributed by atoms with Crippen molar-refractivity contribution in [2.24, 2.45) is 0 Å². The smallest absolute Gasteiger partial charge is 0.412 e. The summed E-state index contributed by atoms with van der Waals surface area (Å²) in [6.45, 7) is 6.28. The monoisotopic (exact) mass is 382 g/mol. The molecule has 1 aromatic carbocycles. The van der Waals surface area contributed by atoms with Crippen LogP contribution in [0.5, 0.6) is 0 Å². The molecular weight excluding hydrogens is 364 g/mol. The maximum atomic E-state index is 11.7. The fraction of sp³-hybridized carbons (Fsp3) is 0.312. The van der Waals surface area contributed by atoms with Gasteiger partial charge < -0.3 is 10.1 Å². The lowest BCUT2D eigenvalue weighted by molar-refractivity contribution is 0.0636. The number of carbonyl (C=O) groups excluding carboxylic acids is 1. The van der Waals surface area contributed by atoms with Crippen molar-refractivity contribution in [1.29, 1.82) is 0 Å². The molecule has 2 aromatic rings. The van der Waals surface area contributed by atoms with Crippen molar-refractivity contribution in [2.75, 3.05) is 10.6 Å². The van der Waals surface area contributed by atoms with Gasteiger partial charge in [-0.05, 0) is 67.0 Å². The van der Waals surface area contributed by atoms with Gasteiger partial charge in [0.05, 0.1) is 0 Å².